The highest BCUT2D eigenvalue weighted by molar-refractivity contribution is 5.95. The van der Waals surface area contributed by atoms with Crippen molar-refractivity contribution in [3.8, 4) is 5.75 Å². The number of primary amides is 1. The number of rotatable bonds is 6. The highest BCUT2D eigenvalue weighted by Gasteiger charge is 2.33. The van der Waals surface area contributed by atoms with Gasteiger partial charge in [0.1, 0.15) is 5.75 Å². The Hall–Kier alpha value is -3.02. The average molecular weight is 339 g/mol. The number of carbonyl (C=O) groups excluding carboxylic acids is 2. The molecule has 1 saturated carbocycles. The first-order valence-corrected chi connectivity index (χ1v) is 8.18. The van der Waals surface area contributed by atoms with Gasteiger partial charge < -0.3 is 21.1 Å². The Bertz CT molecular complexity index is 752. The van der Waals surface area contributed by atoms with Gasteiger partial charge in [0, 0.05) is 11.3 Å². The second-order valence-electron chi connectivity index (χ2n) is 6.13. The predicted octanol–water partition coefficient (Wildman–Crippen LogP) is 3.07. The molecule has 6 nitrogen and oxygen atoms in total. The lowest BCUT2D eigenvalue weighted by Crippen LogP contribution is -2.29. The molecule has 6 heteroatoms. The molecule has 1 atom stereocenters. The first-order chi connectivity index (χ1) is 12.1. The number of hydrogen-bond donors (Lipinski definition) is 3. The number of nitrogens with one attached hydrogen (secondary N) is 2. The van der Waals surface area contributed by atoms with E-state index < -0.39 is 6.03 Å². The van der Waals surface area contributed by atoms with Crippen LogP contribution < -0.4 is 21.1 Å². The zero-order valence-electron chi connectivity index (χ0n) is 14.0. The van der Waals surface area contributed by atoms with E-state index in [9.17, 15) is 9.59 Å². The van der Waals surface area contributed by atoms with Crippen molar-refractivity contribution in [1.82, 2.24) is 5.32 Å². The molecule has 0 aromatic heterocycles. The van der Waals surface area contributed by atoms with Crippen LogP contribution in [-0.2, 0) is 0 Å². The topological polar surface area (TPSA) is 93.4 Å². The Balaban J connectivity index is 1.71. The number of benzene rings is 2. The lowest BCUT2D eigenvalue weighted by molar-refractivity contribution is 0.0931. The van der Waals surface area contributed by atoms with Gasteiger partial charge in [-0.1, -0.05) is 12.1 Å². The first-order valence-electron chi connectivity index (χ1n) is 8.18. The molecule has 1 fully saturated rings. The molecule has 0 spiro atoms. The van der Waals surface area contributed by atoms with E-state index in [4.69, 9.17) is 10.5 Å². The van der Waals surface area contributed by atoms with Crippen molar-refractivity contribution in [2.24, 2.45) is 11.7 Å². The van der Waals surface area contributed by atoms with Gasteiger partial charge in [-0.2, -0.15) is 0 Å². The molecular weight excluding hydrogens is 318 g/mol. The van der Waals surface area contributed by atoms with Crippen LogP contribution >= 0.6 is 0 Å². The van der Waals surface area contributed by atoms with Gasteiger partial charge in [-0.25, -0.2) is 4.79 Å². The fraction of sp³-hybridized carbons (Fsp3) is 0.263. The summed E-state index contributed by atoms with van der Waals surface area (Å²) in [7, 11) is 1.63. The molecule has 0 unspecified atom stereocenters. The van der Waals surface area contributed by atoms with E-state index in [-0.39, 0.29) is 11.9 Å². The third-order valence-corrected chi connectivity index (χ3v) is 4.27. The zero-order chi connectivity index (χ0) is 17.8. The number of hydrogen-bond acceptors (Lipinski definition) is 3. The summed E-state index contributed by atoms with van der Waals surface area (Å²) in [6.07, 6.45) is 2.22. The molecule has 1 aliphatic carbocycles. The summed E-state index contributed by atoms with van der Waals surface area (Å²) in [6.45, 7) is 0. The quantitative estimate of drug-likeness (QED) is 0.755. The van der Waals surface area contributed by atoms with Gasteiger partial charge in [0.15, 0.2) is 0 Å². The van der Waals surface area contributed by atoms with E-state index >= 15 is 0 Å². The van der Waals surface area contributed by atoms with Gasteiger partial charge in [-0.05, 0) is 60.7 Å². The minimum atomic E-state index is -0.634. The number of carbonyl (C=O) groups is 2. The lowest BCUT2D eigenvalue weighted by Gasteiger charge is -2.19. The number of amides is 3. The number of anilines is 1. The summed E-state index contributed by atoms with van der Waals surface area (Å²) in [5.74, 6) is 1.12. The average Bonchev–Trinajstić information content (AvgIpc) is 3.45. The smallest absolute Gasteiger partial charge is 0.316 e. The number of methoxy groups -OCH3 is 1. The monoisotopic (exact) mass is 339 g/mol. The maximum absolute atomic E-state index is 12.6. The Kier molecular flexibility index (Phi) is 4.88. The summed E-state index contributed by atoms with van der Waals surface area (Å²) in [5, 5.41) is 5.59. The molecule has 2 aromatic carbocycles. The predicted molar refractivity (Wildman–Crippen MR) is 95.6 cm³/mol. The van der Waals surface area contributed by atoms with Crippen LogP contribution in [0.5, 0.6) is 5.75 Å². The van der Waals surface area contributed by atoms with E-state index in [1.54, 1.807) is 31.4 Å². The largest absolute Gasteiger partial charge is 0.497 e. The van der Waals surface area contributed by atoms with Crippen LogP contribution in [-0.4, -0.2) is 19.0 Å². The van der Waals surface area contributed by atoms with Gasteiger partial charge in [0.05, 0.1) is 13.2 Å². The Morgan fingerprint density at radius 1 is 1.08 bits per heavy atom. The highest BCUT2D eigenvalue weighted by Crippen LogP contribution is 2.41. The number of ether oxygens (including phenoxy) is 1. The Morgan fingerprint density at radius 3 is 2.24 bits per heavy atom. The summed E-state index contributed by atoms with van der Waals surface area (Å²) < 4.78 is 5.19. The molecule has 0 saturated heterocycles. The third kappa shape index (κ3) is 4.29. The summed E-state index contributed by atoms with van der Waals surface area (Å²) in [5.41, 5.74) is 7.24. The third-order valence-electron chi connectivity index (χ3n) is 4.27. The van der Waals surface area contributed by atoms with Gasteiger partial charge in [0.25, 0.3) is 5.91 Å². The molecule has 0 bridgehead atoms. The Morgan fingerprint density at radius 2 is 1.72 bits per heavy atom. The summed E-state index contributed by atoms with van der Waals surface area (Å²) >= 11 is 0. The van der Waals surface area contributed by atoms with Crippen LogP contribution in [0.2, 0.25) is 0 Å². The highest BCUT2D eigenvalue weighted by atomic mass is 16.5. The van der Waals surface area contributed by atoms with Crippen molar-refractivity contribution in [2.45, 2.75) is 18.9 Å². The van der Waals surface area contributed by atoms with Crippen LogP contribution in [0.15, 0.2) is 48.5 Å². The molecular formula is C19H21N3O3. The van der Waals surface area contributed by atoms with Gasteiger partial charge in [-0.15, -0.1) is 0 Å². The fourth-order valence-electron chi connectivity index (χ4n) is 2.79. The molecule has 0 radical (unpaired) electrons. The standard InChI is InChI=1S/C19H21N3O3/c1-25-16-10-6-13(7-11-16)17(12-2-3-12)22-18(23)14-4-8-15(9-5-14)21-19(20)24/h4-12,17H,2-3H2,1H3,(H,22,23)(H3,20,21,24)/t17-/m0/s1. The summed E-state index contributed by atoms with van der Waals surface area (Å²) in [4.78, 5) is 23.4. The Labute approximate surface area is 146 Å². The molecule has 25 heavy (non-hydrogen) atoms. The fourth-order valence-corrected chi connectivity index (χ4v) is 2.79. The van der Waals surface area contributed by atoms with Gasteiger partial charge >= 0.3 is 6.03 Å². The second-order valence-corrected chi connectivity index (χ2v) is 6.13. The van der Waals surface area contributed by atoms with Gasteiger partial charge in [-0.3, -0.25) is 4.79 Å². The SMILES string of the molecule is COc1ccc([C@@H](NC(=O)c2ccc(NC(N)=O)cc2)C2CC2)cc1. The van der Waals surface area contributed by atoms with Crippen molar-refractivity contribution in [2.75, 3.05) is 12.4 Å². The number of nitrogens with two attached hydrogens (primary N) is 1. The van der Waals surface area contributed by atoms with E-state index in [0.717, 1.165) is 24.2 Å². The minimum absolute atomic E-state index is 0.0122. The molecule has 3 rings (SSSR count). The zero-order valence-corrected chi connectivity index (χ0v) is 14.0. The molecule has 0 aliphatic heterocycles. The van der Waals surface area contributed by atoms with E-state index in [2.05, 4.69) is 10.6 Å². The second kappa shape index (κ2) is 7.25. The minimum Gasteiger partial charge on any atom is -0.497 e. The first kappa shape index (κ1) is 16.8. The van der Waals surface area contributed by atoms with Crippen molar-refractivity contribution in [3.63, 3.8) is 0 Å². The van der Waals surface area contributed by atoms with E-state index in [1.165, 1.54) is 0 Å². The van der Waals surface area contributed by atoms with E-state index in [0.29, 0.717) is 17.2 Å². The van der Waals surface area contributed by atoms with Gasteiger partial charge in [0.2, 0.25) is 0 Å². The van der Waals surface area contributed by atoms with Crippen molar-refractivity contribution >= 4 is 17.6 Å². The van der Waals surface area contributed by atoms with Crippen LogP contribution in [0.1, 0.15) is 34.8 Å². The van der Waals surface area contributed by atoms with Crippen molar-refractivity contribution in [1.29, 1.82) is 0 Å². The normalized spacial score (nSPS) is 14.4. The lowest BCUT2D eigenvalue weighted by atomic mass is 10.0. The summed E-state index contributed by atoms with van der Waals surface area (Å²) in [6, 6.07) is 13.8. The molecule has 1 aliphatic rings. The van der Waals surface area contributed by atoms with Crippen molar-refractivity contribution in [3.05, 3.63) is 59.7 Å². The van der Waals surface area contributed by atoms with Crippen LogP contribution in [0.4, 0.5) is 10.5 Å². The molecule has 0 heterocycles. The van der Waals surface area contributed by atoms with Crippen LogP contribution in [0.3, 0.4) is 0 Å². The van der Waals surface area contributed by atoms with Crippen LogP contribution in [0.25, 0.3) is 0 Å². The maximum atomic E-state index is 12.6. The van der Waals surface area contributed by atoms with E-state index in [1.807, 2.05) is 24.3 Å². The molecule has 3 amide bonds. The molecule has 2 aromatic rings. The van der Waals surface area contributed by atoms with Crippen LogP contribution in [0, 0.1) is 5.92 Å². The molecule has 130 valence electrons. The molecule has 4 N–H and O–H groups in total. The maximum Gasteiger partial charge on any atom is 0.316 e. The van der Waals surface area contributed by atoms with Crippen molar-refractivity contribution < 1.29 is 14.3 Å². The number of urea groups is 1.